The molecule has 0 bridgehead atoms. The van der Waals surface area contributed by atoms with E-state index in [1.165, 1.54) is 97.1 Å². The number of carbonyl (C=O) groups excluding carboxylic acids is 8. The monoisotopic (exact) mass is 1020 g/mol. The number of hydrogen-bond acceptors (Lipinski definition) is 12. The van der Waals surface area contributed by atoms with Crippen molar-refractivity contribution in [1.82, 2.24) is 0 Å². The first kappa shape index (κ1) is 46.6. The predicted molar refractivity (Wildman–Crippen MR) is 253 cm³/mol. The molecule has 8 rings (SSSR count). The van der Waals surface area contributed by atoms with Crippen molar-refractivity contribution >= 4 is 67.0 Å². The van der Waals surface area contributed by atoms with Crippen LogP contribution in [0.3, 0.4) is 0 Å². The molecule has 0 saturated carbocycles. The van der Waals surface area contributed by atoms with Crippen molar-refractivity contribution in [2.24, 2.45) is 0 Å². The molecule has 0 aliphatic heterocycles. The van der Waals surface area contributed by atoms with E-state index in [1.807, 2.05) is 0 Å². The fraction of sp³-hybridized carbons (Fsp3) is 0. The van der Waals surface area contributed by atoms with Gasteiger partial charge in [0.25, 0.3) is 0 Å². The van der Waals surface area contributed by atoms with E-state index in [0.29, 0.717) is 22.3 Å². The van der Waals surface area contributed by atoms with Gasteiger partial charge in [-0.2, -0.15) is 0 Å². The van der Waals surface area contributed by atoms with Crippen LogP contribution in [0.15, 0.2) is 218 Å². The Hall–Kier alpha value is -8.88. The maximum atomic E-state index is 14.2. The van der Waals surface area contributed by atoms with Crippen LogP contribution >= 0.6 is 0 Å². The molecular formula is C56H36O12Sn. The molecular weight excluding hydrogens is 983 g/mol. The van der Waals surface area contributed by atoms with E-state index < -0.39 is 43.9 Å². The normalized spacial score (nSPS) is 10.8. The second-order valence-corrected chi connectivity index (χ2v) is 20.3. The van der Waals surface area contributed by atoms with Gasteiger partial charge < -0.3 is 0 Å². The summed E-state index contributed by atoms with van der Waals surface area (Å²) in [6.45, 7) is 0. The Morgan fingerprint density at radius 1 is 0.203 bits per heavy atom. The fourth-order valence-corrected chi connectivity index (χ4v) is 11.5. The molecule has 0 spiro atoms. The summed E-state index contributed by atoms with van der Waals surface area (Å²) < 4.78 is 23.4. The minimum atomic E-state index is -6.91. The number of benzene rings is 8. The van der Waals surface area contributed by atoms with Crippen LogP contribution in [0.4, 0.5) is 0 Å². The zero-order valence-corrected chi connectivity index (χ0v) is 39.0. The van der Waals surface area contributed by atoms with Gasteiger partial charge in [0, 0.05) is 0 Å². The topological polar surface area (TPSA) is 173 Å². The summed E-state index contributed by atoms with van der Waals surface area (Å²) in [5.74, 6) is -6.39. The first-order valence-electron chi connectivity index (χ1n) is 21.2. The molecule has 12 nitrogen and oxygen atoms in total. The average Bonchev–Trinajstić information content (AvgIpc) is 3.41. The van der Waals surface area contributed by atoms with Gasteiger partial charge in [-0.3, -0.25) is 0 Å². The van der Waals surface area contributed by atoms with E-state index >= 15 is 0 Å². The molecule has 0 fully saturated rings. The van der Waals surface area contributed by atoms with Gasteiger partial charge in [0.1, 0.15) is 0 Å². The maximum absolute atomic E-state index is 14.2. The molecule has 8 aromatic rings. The van der Waals surface area contributed by atoms with Crippen molar-refractivity contribution in [3.63, 3.8) is 0 Å². The number of ketones is 4. The van der Waals surface area contributed by atoms with Gasteiger partial charge in [-0.15, -0.1) is 0 Å². The Balaban J connectivity index is 1.15. The standard InChI is InChI=1S/4C14H10O3.Sn/c4*15-13(10-4-2-1-3-5-10)11-6-8-12(9-7-11)14(16)17;/h4*1-9H,(H,16,17);/q;;;;+4/p-4. The zero-order chi connectivity index (χ0) is 48.3. The summed E-state index contributed by atoms with van der Waals surface area (Å²) in [6.07, 6.45) is 0. The Kier molecular flexibility index (Phi) is 14.3. The van der Waals surface area contributed by atoms with Crippen LogP contribution in [-0.4, -0.2) is 67.0 Å². The summed E-state index contributed by atoms with van der Waals surface area (Å²) in [6, 6.07) is 54.6. The second-order valence-electron chi connectivity index (χ2n) is 15.1. The van der Waals surface area contributed by atoms with Gasteiger partial charge in [-0.25, -0.2) is 0 Å². The quantitative estimate of drug-likeness (QED) is 0.0663. The van der Waals surface area contributed by atoms with E-state index in [-0.39, 0.29) is 67.6 Å². The van der Waals surface area contributed by atoms with Gasteiger partial charge in [-0.1, -0.05) is 0 Å². The summed E-state index contributed by atoms with van der Waals surface area (Å²) >= 11 is -6.91. The van der Waals surface area contributed by atoms with Crippen LogP contribution in [0.5, 0.6) is 0 Å². The third kappa shape index (κ3) is 11.2. The van der Waals surface area contributed by atoms with Gasteiger partial charge in [-0.05, 0) is 0 Å². The molecule has 0 aromatic heterocycles. The van der Waals surface area contributed by atoms with Crippen molar-refractivity contribution in [1.29, 1.82) is 0 Å². The van der Waals surface area contributed by atoms with Crippen molar-refractivity contribution in [3.05, 3.63) is 285 Å². The fourth-order valence-electron chi connectivity index (χ4n) is 6.87. The predicted octanol–water partition coefficient (Wildman–Crippen LogP) is 9.77. The van der Waals surface area contributed by atoms with Crippen LogP contribution in [0.1, 0.15) is 105 Å². The average molecular weight is 1020 g/mol. The van der Waals surface area contributed by atoms with E-state index in [0.717, 1.165) is 0 Å². The summed E-state index contributed by atoms with van der Waals surface area (Å²) in [7, 11) is 0. The number of hydrogen-bond donors (Lipinski definition) is 0. The number of carbonyl (C=O) groups is 8. The van der Waals surface area contributed by atoms with E-state index in [9.17, 15) is 38.4 Å². The van der Waals surface area contributed by atoms with Crippen LogP contribution in [0.25, 0.3) is 0 Å². The SMILES string of the molecule is O=C([O][Sn]([O]C(=O)c1ccc(C(=O)c2ccccc2)cc1)([O]C(=O)c1ccc(C(=O)c2ccccc2)cc1)[O]C(=O)c1ccc(C(=O)c2ccccc2)cc1)c1ccc(C(=O)c2ccccc2)cc1. The summed E-state index contributed by atoms with van der Waals surface area (Å²) in [4.78, 5) is 109. The first-order valence-corrected chi connectivity index (χ1v) is 25.9. The molecule has 0 amide bonds. The molecule has 0 unspecified atom stereocenters. The molecule has 69 heavy (non-hydrogen) atoms. The Labute approximate surface area is 400 Å². The van der Waals surface area contributed by atoms with Gasteiger partial charge >= 0.3 is 403 Å². The Morgan fingerprint density at radius 3 is 0.522 bits per heavy atom. The van der Waals surface area contributed by atoms with Crippen LogP contribution in [0.2, 0.25) is 0 Å². The summed E-state index contributed by atoms with van der Waals surface area (Å²) in [5.41, 5.74) is 1.60. The molecule has 0 aliphatic rings. The van der Waals surface area contributed by atoms with Crippen molar-refractivity contribution < 1.29 is 50.7 Å². The van der Waals surface area contributed by atoms with Crippen molar-refractivity contribution in [3.8, 4) is 0 Å². The number of rotatable bonds is 16. The van der Waals surface area contributed by atoms with Gasteiger partial charge in [0.2, 0.25) is 0 Å². The second kappa shape index (κ2) is 21.2. The van der Waals surface area contributed by atoms with E-state index in [4.69, 9.17) is 12.3 Å². The molecule has 0 heterocycles. The Bertz CT molecular complexity index is 2750. The van der Waals surface area contributed by atoms with Crippen LogP contribution < -0.4 is 0 Å². The van der Waals surface area contributed by atoms with Crippen molar-refractivity contribution in [2.75, 3.05) is 0 Å². The minimum absolute atomic E-state index is 0.208. The third-order valence-electron chi connectivity index (χ3n) is 10.5. The van der Waals surface area contributed by atoms with Crippen LogP contribution in [0, 0.1) is 0 Å². The van der Waals surface area contributed by atoms with E-state index in [1.54, 1.807) is 121 Å². The molecule has 13 heteroatoms. The van der Waals surface area contributed by atoms with Crippen LogP contribution in [-0.2, 0) is 12.3 Å². The molecule has 0 radical (unpaired) electrons. The molecule has 336 valence electrons. The molecule has 0 atom stereocenters. The van der Waals surface area contributed by atoms with Gasteiger partial charge in [0.05, 0.1) is 0 Å². The zero-order valence-electron chi connectivity index (χ0n) is 36.2. The molecule has 0 N–H and O–H groups in total. The van der Waals surface area contributed by atoms with Crippen molar-refractivity contribution in [2.45, 2.75) is 0 Å². The summed E-state index contributed by atoms with van der Waals surface area (Å²) in [5, 5.41) is 0. The molecule has 0 aliphatic carbocycles. The first-order chi connectivity index (χ1) is 33.5. The van der Waals surface area contributed by atoms with Gasteiger partial charge in [0.15, 0.2) is 0 Å². The Morgan fingerprint density at radius 2 is 0.348 bits per heavy atom. The van der Waals surface area contributed by atoms with E-state index in [2.05, 4.69) is 0 Å². The third-order valence-corrected chi connectivity index (χ3v) is 15.5. The molecule has 0 saturated heterocycles. The molecule has 8 aromatic carbocycles.